The summed E-state index contributed by atoms with van der Waals surface area (Å²) in [6, 6.07) is 1.81. The molecule has 0 aliphatic carbocycles. The second-order valence-corrected chi connectivity index (χ2v) is 5.81. The maximum Gasteiger partial charge on any atom is 0.417 e. The first-order chi connectivity index (χ1) is 8.68. The maximum atomic E-state index is 12.3. The van der Waals surface area contributed by atoms with Crippen molar-refractivity contribution in [3.05, 3.63) is 23.9 Å². The lowest BCUT2D eigenvalue weighted by atomic mass is 10.2. The molecule has 0 unspecified atom stereocenters. The molecule has 0 bridgehead atoms. The molecule has 19 heavy (non-hydrogen) atoms. The quantitative estimate of drug-likeness (QED) is 0.854. The Balaban J connectivity index is 2.36. The van der Waals surface area contributed by atoms with Crippen molar-refractivity contribution in [3.8, 4) is 11.5 Å². The van der Waals surface area contributed by atoms with E-state index in [0.29, 0.717) is 6.20 Å². The lowest BCUT2D eigenvalue weighted by Crippen LogP contribution is -2.05. The van der Waals surface area contributed by atoms with Crippen LogP contribution in [0.2, 0.25) is 0 Å². The number of pyridine rings is 1. The Morgan fingerprint density at radius 2 is 1.95 bits per heavy atom. The van der Waals surface area contributed by atoms with Gasteiger partial charge >= 0.3 is 6.18 Å². The van der Waals surface area contributed by atoms with Gasteiger partial charge in [-0.3, -0.25) is 4.98 Å². The second kappa shape index (κ2) is 4.46. The zero-order valence-electron chi connectivity index (χ0n) is 8.81. The summed E-state index contributed by atoms with van der Waals surface area (Å²) < 4.78 is 58.8. The monoisotopic (exact) mass is 312 g/mol. The van der Waals surface area contributed by atoms with Crippen molar-refractivity contribution >= 4 is 19.7 Å². The highest BCUT2D eigenvalue weighted by molar-refractivity contribution is 8.13. The normalized spacial score (nSPS) is 12.6. The minimum absolute atomic E-state index is 0.0178. The number of aromatic nitrogens is 4. The van der Waals surface area contributed by atoms with E-state index in [9.17, 15) is 21.6 Å². The fourth-order valence-corrected chi connectivity index (χ4v) is 1.72. The molecule has 102 valence electrons. The molecule has 2 aromatic heterocycles. The summed E-state index contributed by atoms with van der Waals surface area (Å²) in [4.78, 5) is 7.02. The van der Waals surface area contributed by atoms with Gasteiger partial charge in [-0.1, -0.05) is 0 Å². The molecule has 1 N–H and O–H groups in total. The third-order valence-corrected chi connectivity index (χ3v) is 3.10. The number of aromatic amines is 1. The molecule has 0 fully saturated rings. The van der Waals surface area contributed by atoms with Crippen LogP contribution >= 0.6 is 10.7 Å². The van der Waals surface area contributed by atoms with E-state index in [4.69, 9.17) is 10.7 Å². The smallest absolute Gasteiger partial charge is 0.252 e. The molecule has 0 atom stereocenters. The van der Waals surface area contributed by atoms with Crippen LogP contribution in [0.3, 0.4) is 0 Å². The first-order valence-electron chi connectivity index (χ1n) is 4.58. The van der Waals surface area contributed by atoms with E-state index in [2.05, 4.69) is 15.1 Å². The number of hydrogen-bond acceptors (Lipinski definition) is 5. The highest BCUT2D eigenvalue weighted by Gasteiger charge is 2.30. The van der Waals surface area contributed by atoms with Crippen molar-refractivity contribution in [3.63, 3.8) is 0 Å². The van der Waals surface area contributed by atoms with Gasteiger partial charge in [0.15, 0.2) is 0 Å². The largest absolute Gasteiger partial charge is 0.417 e. The number of nitrogens with zero attached hydrogens (tertiary/aromatic N) is 3. The minimum atomic E-state index is -4.50. The summed E-state index contributed by atoms with van der Waals surface area (Å²) in [5, 5.41) is 4.94. The van der Waals surface area contributed by atoms with Crippen molar-refractivity contribution < 1.29 is 21.6 Å². The van der Waals surface area contributed by atoms with Crippen molar-refractivity contribution in [1.29, 1.82) is 0 Å². The maximum absolute atomic E-state index is 12.3. The molecule has 0 saturated carbocycles. The van der Waals surface area contributed by atoms with E-state index in [1.807, 2.05) is 5.10 Å². The predicted octanol–water partition coefficient (Wildman–Crippen LogP) is 1.81. The first-order valence-corrected chi connectivity index (χ1v) is 6.89. The molecule has 0 saturated heterocycles. The van der Waals surface area contributed by atoms with Crippen LogP contribution in [0.5, 0.6) is 0 Å². The fourth-order valence-electron chi connectivity index (χ4n) is 1.16. The number of alkyl halides is 3. The number of rotatable bonds is 2. The second-order valence-electron chi connectivity index (χ2n) is 3.33. The third kappa shape index (κ3) is 3.01. The molecule has 6 nitrogen and oxygen atoms in total. The van der Waals surface area contributed by atoms with Gasteiger partial charge in [-0.05, 0) is 12.1 Å². The van der Waals surface area contributed by atoms with Gasteiger partial charge in [-0.2, -0.15) is 23.3 Å². The molecular weight excluding hydrogens is 309 g/mol. The molecule has 0 radical (unpaired) electrons. The SMILES string of the molecule is O=S(=O)(Cl)c1nc(-c2ccc(C(F)(F)F)cn2)n[nH]1. The van der Waals surface area contributed by atoms with E-state index < -0.39 is 25.9 Å². The van der Waals surface area contributed by atoms with Gasteiger partial charge in [0.2, 0.25) is 5.82 Å². The van der Waals surface area contributed by atoms with Gasteiger partial charge in [0.25, 0.3) is 14.2 Å². The summed E-state index contributed by atoms with van der Waals surface area (Å²) in [6.45, 7) is 0. The van der Waals surface area contributed by atoms with Crippen LogP contribution < -0.4 is 0 Å². The van der Waals surface area contributed by atoms with Crippen LogP contribution in [0.4, 0.5) is 13.2 Å². The van der Waals surface area contributed by atoms with E-state index in [1.54, 1.807) is 0 Å². The van der Waals surface area contributed by atoms with E-state index >= 15 is 0 Å². The molecule has 2 rings (SSSR count). The Labute approximate surface area is 109 Å². The Bertz CT molecular complexity index is 696. The molecule has 0 aliphatic rings. The topological polar surface area (TPSA) is 88.6 Å². The lowest BCUT2D eigenvalue weighted by Gasteiger charge is -2.05. The highest BCUT2D eigenvalue weighted by Crippen LogP contribution is 2.29. The number of hydrogen-bond donors (Lipinski definition) is 1. The van der Waals surface area contributed by atoms with E-state index in [1.165, 1.54) is 0 Å². The lowest BCUT2D eigenvalue weighted by molar-refractivity contribution is -0.137. The third-order valence-electron chi connectivity index (χ3n) is 2.02. The van der Waals surface area contributed by atoms with Crippen molar-refractivity contribution in [2.24, 2.45) is 0 Å². The van der Waals surface area contributed by atoms with Crippen LogP contribution in [0.1, 0.15) is 5.56 Å². The molecule has 0 aliphatic heterocycles. The number of nitrogens with one attached hydrogen (secondary N) is 1. The highest BCUT2D eigenvalue weighted by atomic mass is 35.7. The average molecular weight is 313 g/mol. The van der Waals surface area contributed by atoms with Crippen LogP contribution in [0.15, 0.2) is 23.5 Å². The molecular formula is C8H4ClF3N4O2S. The Hall–Kier alpha value is -1.68. The van der Waals surface area contributed by atoms with E-state index in [0.717, 1.165) is 12.1 Å². The summed E-state index contributed by atoms with van der Waals surface area (Å²) in [5.74, 6) is -0.173. The summed E-state index contributed by atoms with van der Waals surface area (Å²) in [7, 11) is 0.928. The van der Waals surface area contributed by atoms with Gasteiger partial charge < -0.3 is 0 Å². The minimum Gasteiger partial charge on any atom is -0.252 e. The predicted molar refractivity (Wildman–Crippen MR) is 57.7 cm³/mol. The summed E-state index contributed by atoms with van der Waals surface area (Å²) in [5.41, 5.74) is -0.951. The molecule has 0 aromatic carbocycles. The van der Waals surface area contributed by atoms with Gasteiger partial charge in [0.05, 0.1) is 5.56 Å². The Morgan fingerprint density at radius 1 is 1.26 bits per heavy atom. The zero-order chi connectivity index (χ0) is 14.3. The van der Waals surface area contributed by atoms with Gasteiger partial charge in [0.1, 0.15) is 5.69 Å². The number of halogens is 4. The van der Waals surface area contributed by atoms with Crippen molar-refractivity contribution in [1.82, 2.24) is 20.2 Å². The van der Waals surface area contributed by atoms with Gasteiger partial charge in [-0.25, -0.2) is 13.5 Å². The molecule has 0 amide bonds. The molecule has 11 heteroatoms. The first kappa shape index (κ1) is 13.7. The summed E-state index contributed by atoms with van der Waals surface area (Å²) >= 11 is 0. The van der Waals surface area contributed by atoms with E-state index in [-0.39, 0.29) is 11.5 Å². The Kier molecular flexibility index (Phi) is 3.22. The van der Waals surface area contributed by atoms with Crippen LogP contribution in [-0.4, -0.2) is 28.6 Å². The average Bonchev–Trinajstić information content (AvgIpc) is 2.77. The van der Waals surface area contributed by atoms with Crippen LogP contribution in [-0.2, 0) is 15.2 Å². The van der Waals surface area contributed by atoms with Crippen LogP contribution in [0.25, 0.3) is 11.5 Å². The molecule has 2 heterocycles. The summed E-state index contributed by atoms with van der Waals surface area (Å²) in [6.07, 6.45) is -3.91. The van der Waals surface area contributed by atoms with Crippen molar-refractivity contribution in [2.75, 3.05) is 0 Å². The fraction of sp³-hybridized carbons (Fsp3) is 0.125. The Morgan fingerprint density at radius 3 is 2.37 bits per heavy atom. The standard InChI is InChI=1S/C8H4ClF3N4O2S/c9-19(17,18)7-14-6(15-16-7)5-2-1-4(3-13-5)8(10,11)12/h1-3H,(H,14,15,16). The number of H-pyrrole nitrogens is 1. The zero-order valence-corrected chi connectivity index (χ0v) is 10.4. The van der Waals surface area contributed by atoms with Crippen LogP contribution in [0, 0.1) is 0 Å². The van der Waals surface area contributed by atoms with Gasteiger partial charge in [0, 0.05) is 16.9 Å². The van der Waals surface area contributed by atoms with Crippen molar-refractivity contribution in [2.45, 2.75) is 11.3 Å². The van der Waals surface area contributed by atoms with Gasteiger partial charge in [-0.15, -0.1) is 0 Å². The molecule has 0 spiro atoms. The molecule has 2 aromatic rings.